The molecule has 1 heterocycles. The molecular formula is C21H23NO. The first kappa shape index (κ1) is 14.4. The minimum absolute atomic E-state index is 0.633. The van der Waals surface area contributed by atoms with E-state index in [1.165, 1.54) is 53.4 Å². The van der Waals surface area contributed by atoms with E-state index in [0.717, 1.165) is 12.3 Å². The minimum Gasteiger partial charge on any atom is -0.488 e. The fraction of sp³-hybridized carbons (Fsp3) is 0.333. The van der Waals surface area contributed by atoms with Crippen LogP contribution in [0, 0.1) is 0 Å². The number of ether oxygens (including phenoxy) is 1. The van der Waals surface area contributed by atoms with Crippen LogP contribution in [0.15, 0.2) is 48.5 Å². The zero-order valence-electron chi connectivity index (χ0n) is 13.7. The molecule has 4 rings (SSSR count). The minimum atomic E-state index is 0.633. The SMILES string of the molecule is CCCn1c2c(c3c(OCc4ccccc4)cccc31)CCC2. The lowest BCUT2D eigenvalue weighted by Crippen LogP contribution is -2.01. The van der Waals surface area contributed by atoms with Crippen molar-refractivity contribution in [3.05, 3.63) is 65.4 Å². The van der Waals surface area contributed by atoms with Crippen LogP contribution in [0.1, 0.15) is 36.6 Å². The van der Waals surface area contributed by atoms with Crippen molar-refractivity contribution in [2.75, 3.05) is 0 Å². The second-order valence-corrected chi connectivity index (χ2v) is 6.35. The van der Waals surface area contributed by atoms with E-state index in [1.807, 2.05) is 6.07 Å². The summed E-state index contributed by atoms with van der Waals surface area (Å²) in [6, 6.07) is 16.9. The van der Waals surface area contributed by atoms with Gasteiger partial charge in [0, 0.05) is 17.6 Å². The molecule has 118 valence electrons. The Morgan fingerprint density at radius 3 is 2.70 bits per heavy atom. The third-order valence-corrected chi connectivity index (χ3v) is 4.80. The van der Waals surface area contributed by atoms with Crippen molar-refractivity contribution in [2.45, 2.75) is 45.8 Å². The summed E-state index contributed by atoms with van der Waals surface area (Å²) < 4.78 is 8.73. The normalized spacial score (nSPS) is 13.4. The summed E-state index contributed by atoms with van der Waals surface area (Å²) in [5.41, 5.74) is 5.63. The Morgan fingerprint density at radius 2 is 1.87 bits per heavy atom. The summed E-state index contributed by atoms with van der Waals surface area (Å²) in [4.78, 5) is 0. The first-order valence-corrected chi connectivity index (χ1v) is 8.68. The van der Waals surface area contributed by atoms with Gasteiger partial charge in [-0.3, -0.25) is 0 Å². The summed E-state index contributed by atoms with van der Waals surface area (Å²) in [6.07, 6.45) is 4.85. The van der Waals surface area contributed by atoms with Gasteiger partial charge in [0.1, 0.15) is 12.4 Å². The second-order valence-electron chi connectivity index (χ2n) is 6.35. The molecule has 3 aromatic rings. The van der Waals surface area contributed by atoms with E-state index in [0.29, 0.717) is 6.61 Å². The number of fused-ring (bicyclic) bond motifs is 3. The van der Waals surface area contributed by atoms with Crippen molar-refractivity contribution in [2.24, 2.45) is 0 Å². The maximum Gasteiger partial charge on any atom is 0.129 e. The molecule has 0 atom stereocenters. The first-order valence-electron chi connectivity index (χ1n) is 8.68. The van der Waals surface area contributed by atoms with Crippen molar-refractivity contribution in [1.82, 2.24) is 4.57 Å². The maximum atomic E-state index is 6.21. The van der Waals surface area contributed by atoms with Gasteiger partial charge in [0.15, 0.2) is 0 Å². The highest BCUT2D eigenvalue weighted by Gasteiger charge is 2.23. The van der Waals surface area contributed by atoms with Gasteiger partial charge in [-0.05, 0) is 48.9 Å². The average Bonchev–Trinajstić information content (AvgIpc) is 3.17. The lowest BCUT2D eigenvalue weighted by molar-refractivity contribution is 0.310. The molecule has 23 heavy (non-hydrogen) atoms. The number of hydrogen-bond acceptors (Lipinski definition) is 1. The highest BCUT2D eigenvalue weighted by molar-refractivity contribution is 5.91. The Kier molecular flexibility index (Phi) is 3.82. The molecule has 2 heteroatoms. The van der Waals surface area contributed by atoms with E-state index in [1.54, 1.807) is 0 Å². The highest BCUT2D eigenvalue weighted by atomic mass is 16.5. The van der Waals surface area contributed by atoms with Crippen molar-refractivity contribution in [3.63, 3.8) is 0 Å². The third kappa shape index (κ3) is 2.52. The fourth-order valence-electron chi connectivity index (χ4n) is 3.82. The number of hydrogen-bond donors (Lipinski definition) is 0. The van der Waals surface area contributed by atoms with Crippen LogP contribution in [0.4, 0.5) is 0 Å². The Morgan fingerprint density at radius 1 is 1.00 bits per heavy atom. The predicted molar refractivity (Wildman–Crippen MR) is 95.0 cm³/mol. The fourth-order valence-corrected chi connectivity index (χ4v) is 3.82. The standard InChI is InChI=1S/C21H23NO/c1-2-14-22-18-11-6-10-17(18)21-19(22)12-7-13-20(21)23-15-16-8-4-3-5-9-16/h3-5,7-9,12-13H,2,6,10-11,14-15H2,1H3. The summed E-state index contributed by atoms with van der Waals surface area (Å²) in [5, 5.41) is 1.35. The van der Waals surface area contributed by atoms with Gasteiger partial charge in [-0.1, -0.05) is 43.3 Å². The van der Waals surface area contributed by atoms with Crippen molar-refractivity contribution in [3.8, 4) is 5.75 Å². The Hall–Kier alpha value is -2.22. The monoisotopic (exact) mass is 305 g/mol. The quantitative estimate of drug-likeness (QED) is 0.638. The average molecular weight is 305 g/mol. The Bertz CT molecular complexity index is 817. The molecule has 0 fully saturated rings. The molecule has 1 aromatic heterocycles. The van der Waals surface area contributed by atoms with Gasteiger partial charge in [-0.15, -0.1) is 0 Å². The summed E-state index contributed by atoms with van der Waals surface area (Å²) in [6.45, 7) is 3.99. The number of aryl methyl sites for hydroxylation is 2. The van der Waals surface area contributed by atoms with Gasteiger partial charge in [-0.25, -0.2) is 0 Å². The Labute approximate surface area is 137 Å². The van der Waals surface area contributed by atoms with E-state index in [9.17, 15) is 0 Å². The van der Waals surface area contributed by atoms with Crippen LogP contribution < -0.4 is 4.74 Å². The summed E-state index contributed by atoms with van der Waals surface area (Å²) >= 11 is 0. The van der Waals surface area contributed by atoms with Crippen LogP contribution in [0.5, 0.6) is 5.75 Å². The van der Waals surface area contributed by atoms with Crippen LogP contribution in [-0.4, -0.2) is 4.57 Å². The number of benzene rings is 2. The predicted octanol–water partition coefficient (Wildman–Crippen LogP) is 5.12. The second kappa shape index (κ2) is 6.11. The van der Waals surface area contributed by atoms with Crippen LogP contribution in [0.25, 0.3) is 10.9 Å². The molecule has 0 aliphatic heterocycles. The van der Waals surface area contributed by atoms with Crippen molar-refractivity contribution in [1.29, 1.82) is 0 Å². The molecule has 0 spiro atoms. The summed E-state index contributed by atoms with van der Waals surface area (Å²) in [7, 11) is 0. The lowest BCUT2D eigenvalue weighted by atomic mass is 10.1. The molecule has 2 aromatic carbocycles. The molecule has 0 bridgehead atoms. The molecule has 2 nitrogen and oxygen atoms in total. The van der Waals surface area contributed by atoms with Crippen LogP contribution in [0.2, 0.25) is 0 Å². The topological polar surface area (TPSA) is 14.2 Å². The number of nitrogens with zero attached hydrogens (tertiary/aromatic N) is 1. The van der Waals surface area contributed by atoms with Crippen molar-refractivity contribution < 1.29 is 4.74 Å². The zero-order valence-corrected chi connectivity index (χ0v) is 13.7. The number of aromatic nitrogens is 1. The van der Waals surface area contributed by atoms with Gasteiger partial charge in [0.05, 0.1) is 5.52 Å². The molecule has 1 aliphatic carbocycles. The van der Waals surface area contributed by atoms with E-state index in [2.05, 4.69) is 54.0 Å². The molecule has 1 aliphatic rings. The van der Waals surface area contributed by atoms with Crippen LogP contribution in [0.3, 0.4) is 0 Å². The van der Waals surface area contributed by atoms with Crippen molar-refractivity contribution >= 4 is 10.9 Å². The molecule has 0 unspecified atom stereocenters. The number of rotatable bonds is 5. The first-order chi connectivity index (χ1) is 11.4. The largest absolute Gasteiger partial charge is 0.488 e. The van der Waals surface area contributed by atoms with Gasteiger partial charge >= 0.3 is 0 Å². The molecule has 0 N–H and O–H groups in total. The van der Waals surface area contributed by atoms with Gasteiger partial charge in [0.25, 0.3) is 0 Å². The van der Waals surface area contributed by atoms with Crippen LogP contribution in [-0.2, 0) is 26.0 Å². The Balaban J connectivity index is 1.74. The smallest absolute Gasteiger partial charge is 0.129 e. The van der Waals surface area contributed by atoms with E-state index >= 15 is 0 Å². The van der Waals surface area contributed by atoms with Crippen LogP contribution >= 0.6 is 0 Å². The van der Waals surface area contributed by atoms with Gasteiger partial charge in [0.2, 0.25) is 0 Å². The highest BCUT2D eigenvalue weighted by Crippen LogP contribution is 2.38. The van der Waals surface area contributed by atoms with E-state index < -0.39 is 0 Å². The van der Waals surface area contributed by atoms with Gasteiger partial charge in [-0.2, -0.15) is 0 Å². The maximum absolute atomic E-state index is 6.21. The molecule has 0 saturated heterocycles. The third-order valence-electron chi connectivity index (χ3n) is 4.80. The molecule has 0 radical (unpaired) electrons. The lowest BCUT2D eigenvalue weighted by Gasteiger charge is -2.10. The zero-order chi connectivity index (χ0) is 15.6. The molecule has 0 saturated carbocycles. The molecular weight excluding hydrogens is 282 g/mol. The summed E-state index contributed by atoms with van der Waals surface area (Å²) in [5.74, 6) is 1.04. The van der Waals surface area contributed by atoms with E-state index in [-0.39, 0.29) is 0 Å². The van der Waals surface area contributed by atoms with E-state index in [4.69, 9.17) is 4.74 Å². The van der Waals surface area contributed by atoms with Gasteiger partial charge < -0.3 is 9.30 Å². The molecule has 0 amide bonds.